The molecule has 0 aliphatic heterocycles. The first-order chi connectivity index (χ1) is 16.6. The molecule has 3 N–H and O–H groups in total. The number of alkyl halides is 3. The van der Waals surface area contributed by atoms with Crippen LogP contribution in [0.1, 0.15) is 32.7 Å². The number of nitrogens with one attached hydrogen (secondary N) is 1. The van der Waals surface area contributed by atoms with Gasteiger partial charge in [0.2, 0.25) is 0 Å². The lowest BCUT2D eigenvalue weighted by Gasteiger charge is -2.20. The van der Waals surface area contributed by atoms with E-state index in [-0.39, 0.29) is 30.4 Å². The fraction of sp³-hybridized carbons (Fsp3) is 0.292. The minimum absolute atomic E-state index is 0.0246. The standard InChI is InChI=1S/C24H25F3N4O4/c1-14-7-8-21(15(2)9-14)33-12-18(13-34-28)29-22(32)20-10-16(3)30-31-23(20)35-19-6-4-5-17(11-19)24(25,26)27/h4-11,18H,12-13,28H2,1-3H3,(H,29,32)/t18-/m1/s1. The lowest BCUT2D eigenvalue weighted by molar-refractivity contribution is -0.137. The summed E-state index contributed by atoms with van der Waals surface area (Å²) >= 11 is 0. The minimum atomic E-state index is -4.55. The Morgan fingerprint density at radius 2 is 1.83 bits per heavy atom. The Morgan fingerprint density at radius 1 is 1.06 bits per heavy atom. The molecule has 3 aromatic rings. The quantitative estimate of drug-likeness (QED) is 0.431. The molecule has 8 nitrogen and oxygen atoms in total. The number of amides is 1. The number of hydrogen-bond donors (Lipinski definition) is 2. The van der Waals surface area contributed by atoms with E-state index in [1.54, 1.807) is 6.92 Å². The van der Waals surface area contributed by atoms with Gasteiger partial charge in [-0.15, -0.1) is 5.10 Å². The monoisotopic (exact) mass is 490 g/mol. The van der Waals surface area contributed by atoms with E-state index in [1.165, 1.54) is 18.2 Å². The third kappa shape index (κ3) is 7.14. The van der Waals surface area contributed by atoms with Crippen molar-refractivity contribution in [2.24, 2.45) is 5.90 Å². The number of nitrogens with two attached hydrogens (primary N) is 1. The summed E-state index contributed by atoms with van der Waals surface area (Å²) in [6.07, 6.45) is -4.55. The van der Waals surface area contributed by atoms with Crippen molar-refractivity contribution in [1.82, 2.24) is 15.5 Å². The van der Waals surface area contributed by atoms with Gasteiger partial charge in [0.1, 0.15) is 23.7 Å². The first kappa shape index (κ1) is 25.9. The van der Waals surface area contributed by atoms with Crippen LogP contribution in [0, 0.1) is 20.8 Å². The van der Waals surface area contributed by atoms with Gasteiger partial charge >= 0.3 is 6.18 Å². The molecule has 2 aromatic carbocycles. The van der Waals surface area contributed by atoms with Crippen molar-refractivity contribution in [3.8, 4) is 17.4 Å². The molecule has 0 saturated heterocycles. The highest BCUT2D eigenvalue weighted by Crippen LogP contribution is 2.33. The number of aryl methyl sites for hydroxylation is 3. The van der Waals surface area contributed by atoms with Gasteiger partial charge in [-0.25, -0.2) is 5.90 Å². The van der Waals surface area contributed by atoms with Crippen LogP contribution in [-0.2, 0) is 11.0 Å². The van der Waals surface area contributed by atoms with Crippen molar-refractivity contribution < 1.29 is 32.3 Å². The zero-order valence-corrected chi connectivity index (χ0v) is 19.3. The molecule has 0 aliphatic carbocycles. The molecule has 0 unspecified atom stereocenters. The lowest BCUT2D eigenvalue weighted by Crippen LogP contribution is -2.43. The number of benzene rings is 2. The van der Waals surface area contributed by atoms with Crippen molar-refractivity contribution in [2.45, 2.75) is 33.0 Å². The van der Waals surface area contributed by atoms with Gasteiger partial charge in [0.15, 0.2) is 0 Å². The zero-order chi connectivity index (χ0) is 25.6. The van der Waals surface area contributed by atoms with Crippen LogP contribution in [0.4, 0.5) is 13.2 Å². The minimum Gasteiger partial charge on any atom is -0.491 e. The second-order valence-electron chi connectivity index (χ2n) is 7.92. The summed E-state index contributed by atoms with van der Waals surface area (Å²) in [7, 11) is 0. The van der Waals surface area contributed by atoms with Crippen molar-refractivity contribution in [2.75, 3.05) is 13.2 Å². The highest BCUT2D eigenvalue weighted by molar-refractivity contribution is 5.96. The van der Waals surface area contributed by atoms with E-state index >= 15 is 0 Å². The molecular formula is C24H25F3N4O4. The van der Waals surface area contributed by atoms with Gasteiger partial charge < -0.3 is 19.6 Å². The Labute approximate surface area is 200 Å². The maximum absolute atomic E-state index is 13.1. The van der Waals surface area contributed by atoms with E-state index in [1.807, 2.05) is 32.0 Å². The Kier molecular flexibility index (Phi) is 8.26. The molecule has 3 rings (SSSR count). The predicted molar refractivity (Wildman–Crippen MR) is 121 cm³/mol. The van der Waals surface area contributed by atoms with Crippen molar-refractivity contribution in [3.63, 3.8) is 0 Å². The second-order valence-corrected chi connectivity index (χ2v) is 7.92. The van der Waals surface area contributed by atoms with Crippen molar-refractivity contribution >= 4 is 5.91 Å². The van der Waals surface area contributed by atoms with Crippen LogP contribution in [0.3, 0.4) is 0 Å². The molecular weight excluding hydrogens is 465 g/mol. The number of rotatable bonds is 9. The number of ether oxygens (including phenoxy) is 2. The topological polar surface area (TPSA) is 109 Å². The zero-order valence-electron chi connectivity index (χ0n) is 19.3. The summed E-state index contributed by atoms with van der Waals surface area (Å²) in [4.78, 5) is 17.8. The molecule has 1 aromatic heterocycles. The average Bonchev–Trinajstić information content (AvgIpc) is 2.79. The first-order valence-corrected chi connectivity index (χ1v) is 10.6. The summed E-state index contributed by atoms with van der Waals surface area (Å²) < 4.78 is 50.4. The molecule has 186 valence electrons. The van der Waals surface area contributed by atoms with Crippen LogP contribution < -0.4 is 20.7 Å². The van der Waals surface area contributed by atoms with Gasteiger partial charge in [-0.2, -0.15) is 18.3 Å². The fourth-order valence-electron chi connectivity index (χ4n) is 3.23. The summed E-state index contributed by atoms with van der Waals surface area (Å²) in [5, 5.41) is 10.4. The van der Waals surface area contributed by atoms with Crippen LogP contribution in [0.25, 0.3) is 0 Å². The summed E-state index contributed by atoms with van der Waals surface area (Å²) in [6, 6.07) is 10.7. The SMILES string of the molecule is Cc1ccc(OC[C@H](CON)NC(=O)c2cc(C)nnc2Oc2cccc(C(F)(F)F)c2)c(C)c1. The highest BCUT2D eigenvalue weighted by Gasteiger charge is 2.31. The molecule has 35 heavy (non-hydrogen) atoms. The predicted octanol–water partition coefficient (Wildman–Crippen LogP) is 4.28. The van der Waals surface area contributed by atoms with Gasteiger partial charge in [-0.05, 0) is 56.7 Å². The van der Waals surface area contributed by atoms with Crippen LogP contribution in [0.5, 0.6) is 17.4 Å². The van der Waals surface area contributed by atoms with E-state index in [9.17, 15) is 18.0 Å². The van der Waals surface area contributed by atoms with Crippen LogP contribution in [0.2, 0.25) is 0 Å². The van der Waals surface area contributed by atoms with Crippen LogP contribution >= 0.6 is 0 Å². The van der Waals surface area contributed by atoms with Gasteiger partial charge in [0.25, 0.3) is 11.8 Å². The number of halogens is 3. The molecule has 0 fully saturated rings. The largest absolute Gasteiger partial charge is 0.491 e. The molecule has 0 bridgehead atoms. The first-order valence-electron chi connectivity index (χ1n) is 10.6. The van der Waals surface area contributed by atoms with E-state index < -0.39 is 23.7 Å². The third-order valence-corrected chi connectivity index (χ3v) is 4.91. The molecule has 0 spiro atoms. The summed E-state index contributed by atoms with van der Waals surface area (Å²) in [5.74, 6) is 4.85. The van der Waals surface area contributed by atoms with Crippen molar-refractivity contribution in [1.29, 1.82) is 0 Å². The highest BCUT2D eigenvalue weighted by atomic mass is 19.4. The van der Waals surface area contributed by atoms with Gasteiger partial charge in [0.05, 0.1) is 23.9 Å². The maximum atomic E-state index is 13.1. The molecule has 0 saturated carbocycles. The third-order valence-electron chi connectivity index (χ3n) is 4.91. The van der Waals surface area contributed by atoms with E-state index in [0.29, 0.717) is 11.4 Å². The van der Waals surface area contributed by atoms with Gasteiger partial charge in [-0.1, -0.05) is 23.8 Å². The number of aromatic nitrogens is 2. The average molecular weight is 490 g/mol. The molecule has 1 heterocycles. The Hall–Kier alpha value is -3.70. The Morgan fingerprint density at radius 3 is 2.51 bits per heavy atom. The van der Waals surface area contributed by atoms with Crippen molar-refractivity contribution in [3.05, 3.63) is 76.5 Å². The van der Waals surface area contributed by atoms with Gasteiger partial charge in [-0.3, -0.25) is 4.79 Å². The normalized spacial score (nSPS) is 12.2. The molecule has 1 amide bonds. The summed E-state index contributed by atoms with van der Waals surface area (Å²) in [6.45, 7) is 5.47. The van der Waals surface area contributed by atoms with E-state index in [2.05, 4.69) is 15.5 Å². The smallest absolute Gasteiger partial charge is 0.416 e. The van der Waals surface area contributed by atoms with E-state index in [0.717, 1.165) is 23.3 Å². The number of hydrogen-bond acceptors (Lipinski definition) is 7. The number of nitrogens with zero attached hydrogens (tertiary/aromatic N) is 2. The van der Waals surface area contributed by atoms with E-state index in [4.69, 9.17) is 20.2 Å². The number of carbonyl (C=O) groups is 1. The Bertz CT molecular complexity index is 1190. The van der Waals surface area contributed by atoms with Crippen LogP contribution in [0.15, 0.2) is 48.5 Å². The maximum Gasteiger partial charge on any atom is 0.416 e. The van der Waals surface area contributed by atoms with Gasteiger partial charge in [0, 0.05) is 0 Å². The van der Waals surface area contributed by atoms with Crippen LogP contribution in [-0.4, -0.2) is 35.4 Å². The molecule has 0 radical (unpaired) electrons. The number of carbonyl (C=O) groups excluding carboxylic acids is 1. The fourth-order valence-corrected chi connectivity index (χ4v) is 3.23. The lowest BCUT2D eigenvalue weighted by atomic mass is 10.1. The molecule has 0 aliphatic rings. The molecule has 11 heteroatoms. The Balaban J connectivity index is 1.77. The molecule has 1 atom stereocenters. The summed E-state index contributed by atoms with van der Waals surface area (Å²) in [5.41, 5.74) is 1.49. The second kappa shape index (κ2) is 11.2.